The zero-order chi connectivity index (χ0) is 18.8. The first kappa shape index (κ1) is 18.3. The molecule has 3 rings (SSSR count). The zero-order valence-corrected chi connectivity index (χ0v) is 14.3. The summed E-state index contributed by atoms with van der Waals surface area (Å²) in [5.41, 5.74) is 7.00. The third-order valence-corrected chi connectivity index (χ3v) is 4.31. The number of nitrogens with two attached hydrogens (primary N) is 1. The molecule has 3 heterocycles. The van der Waals surface area contributed by atoms with Gasteiger partial charge in [-0.15, -0.1) is 0 Å². The highest BCUT2D eigenvalue weighted by molar-refractivity contribution is 5.97. The molecule has 1 fully saturated rings. The van der Waals surface area contributed by atoms with Gasteiger partial charge in [-0.2, -0.15) is 0 Å². The summed E-state index contributed by atoms with van der Waals surface area (Å²) < 4.78 is 17.3. The van der Waals surface area contributed by atoms with Crippen molar-refractivity contribution >= 4 is 28.9 Å². The van der Waals surface area contributed by atoms with E-state index >= 15 is 0 Å². The van der Waals surface area contributed by atoms with Crippen molar-refractivity contribution in [1.82, 2.24) is 14.5 Å². The maximum absolute atomic E-state index is 11.4. The maximum atomic E-state index is 11.4. The van der Waals surface area contributed by atoms with Gasteiger partial charge >= 0.3 is 5.97 Å². The number of fused-ring (bicyclic) bond motifs is 1. The average molecular weight is 364 g/mol. The van der Waals surface area contributed by atoms with E-state index < -0.39 is 30.5 Å². The van der Waals surface area contributed by atoms with Gasteiger partial charge in [-0.05, 0) is 6.08 Å². The molecule has 140 valence electrons. The minimum atomic E-state index is -1.01. The number of aromatic nitrogens is 3. The van der Waals surface area contributed by atoms with Crippen molar-refractivity contribution in [2.75, 3.05) is 26.6 Å². The van der Waals surface area contributed by atoms with Crippen LogP contribution in [-0.4, -0.2) is 69.9 Å². The Labute approximate surface area is 148 Å². The van der Waals surface area contributed by atoms with Crippen LogP contribution in [0.4, 0.5) is 5.82 Å². The number of rotatable bonds is 5. The number of carbonyl (C=O) groups is 1. The molecular formula is C16H20N4O6. The highest BCUT2D eigenvalue weighted by Crippen LogP contribution is 2.36. The largest absolute Gasteiger partial charge is 0.466 e. The molecule has 0 bridgehead atoms. The number of nitrogen functional groups attached to an aromatic ring is 1. The van der Waals surface area contributed by atoms with E-state index in [1.807, 2.05) is 0 Å². The van der Waals surface area contributed by atoms with Crippen molar-refractivity contribution in [3.63, 3.8) is 0 Å². The van der Waals surface area contributed by atoms with E-state index in [2.05, 4.69) is 14.7 Å². The molecule has 4 atom stereocenters. The van der Waals surface area contributed by atoms with Crippen LogP contribution < -0.4 is 5.73 Å². The topological polar surface area (TPSA) is 142 Å². The van der Waals surface area contributed by atoms with E-state index in [0.29, 0.717) is 16.6 Å². The Morgan fingerprint density at radius 1 is 1.46 bits per heavy atom. The molecule has 0 aliphatic carbocycles. The Kier molecular flexibility index (Phi) is 5.18. The van der Waals surface area contributed by atoms with Crippen LogP contribution in [0, 0.1) is 0 Å². The summed E-state index contributed by atoms with van der Waals surface area (Å²) in [4.78, 5) is 19.6. The molecule has 2 aromatic rings. The number of carbonyl (C=O) groups excluding carboxylic acids is 1. The van der Waals surface area contributed by atoms with E-state index in [-0.39, 0.29) is 12.4 Å². The first-order valence-electron chi connectivity index (χ1n) is 7.86. The van der Waals surface area contributed by atoms with E-state index in [4.69, 9.17) is 15.2 Å². The third kappa shape index (κ3) is 3.03. The molecular weight excluding hydrogens is 344 g/mol. The van der Waals surface area contributed by atoms with Crippen molar-refractivity contribution in [2.24, 2.45) is 0 Å². The fourth-order valence-corrected chi connectivity index (χ4v) is 3.03. The maximum Gasteiger partial charge on any atom is 0.330 e. The number of hydrogen-bond donors (Lipinski definition) is 3. The molecule has 0 saturated carbocycles. The van der Waals surface area contributed by atoms with Crippen LogP contribution in [0.2, 0.25) is 0 Å². The van der Waals surface area contributed by atoms with Crippen LogP contribution >= 0.6 is 0 Å². The molecule has 0 spiro atoms. The Hall–Kier alpha value is -2.53. The summed E-state index contributed by atoms with van der Waals surface area (Å²) in [7, 11) is 2.72. The van der Waals surface area contributed by atoms with Crippen LogP contribution in [0.25, 0.3) is 17.1 Å². The number of anilines is 1. The number of ether oxygens (including phenoxy) is 3. The summed E-state index contributed by atoms with van der Waals surface area (Å²) >= 11 is 0. The predicted molar refractivity (Wildman–Crippen MR) is 90.8 cm³/mol. The molecule has 1 aliphatic heterocycles. The lowest BCUT2D eigenvalue weighted by atomic mass is 10.1. The number of aliphatic hydroxyl groups excluding tert-OH is 2. The van der Waals surface area contributed by atoms with Gasteiger partial charge in [0.15, 0.2) is 6.23 Å². The molecule has 0 aromatic carbocycles. The Balaban J connectivity index is 2.11. The van der Waals surface area contributed by atoms with Crippen LogP contribution in [0.1, 0.15) is 11.8 Å². The van der Waals surface area contributed by atoms with Crippen molar-refractivity contribution < 1.29 is 29.2 Å². The molecule has 0 amide bonds. The Bertz CT molecular complexity index is 835. The number of nitrogens with zero attached hydrogens (tertiary/aromatic N) is 3. The highest BCUT2D eigenvalue weighted by Gasteiger charge is 2.45. The molecule has 26 heavy (non-hydrogen) atoms. The second kappa shape index (κ2) is 7.38. The van der Waals surface area contributed by atoms with Gasteiger partial charge < -0.3 is 34.7 Å². The fourth-order valence-electron chi connectivity index (χ4n) is 3.03. The van der Waals surface area contributed by atoms with E-state index in [0.717, 1.165) is 0 Å². The van der Waals surface area contributed by atoms with E-state index in [1.165, 1.54) is 32.7 Å². The summed E-state index contributed by atoms with van der Waals surface area (Å²) in [6.07, 6.45) is 2.47. The monoisotopic (exact) mass is 364 g/mol. The zero-order valence-electron chi connectivity index (χ0n) is 14.3. The van der Waals surface area contributed by atoms with Gasteiger partial charge in [0.25, 0.3) is 0 Å². The molecule has 10 nitrogen and oxygen atoms in total. The van der Waals surface area contributed by atoms with E-state index in [1.54, 1.807) is 10.8 Å². The highest BCUT2D eigenvalue weighted by atomic mass is 16.6. The number of methoxy groups -OCH3 is 2. The minimum absolute atomic E-state index is 0.226. The Morgan fingerprint density at radius 3 is 2.88 bits per heavy atom. The second-order valence-electron chi connectivity index (χ2n) is 5.74. The first-order valence-corrected chi connectivity index (χ1v) is 7.86. The molecule has 0 radical (unpaired) electrons. The van der Waals surface area contributed by atoms with Crippen molar-refractivity contribution in [3.8, 4) is 0 Å². The lowest BCUT2D eigenvalue weighted by Crippen LogP contribution is -2.34. The van der Waals surface area contributed by atoms with Crippen molar-refractivity contribution in [2.45, 2.75) is 24.5 Å². The summed E-state index contributed by atoms with van der Waals surface area (Å²) in [5, 5.41) is 20.2. The van der Waals surface area contributed by atoms with Crippen LogP contribution in [-0.2, 0) is 19.0 Å². The van der Waals surface area contributed by atoms with Gasteiger partial charge in [-0.3, -0.25) is 0 Å². The van der Waals surface area contributed by atoms with Crippen molar-refractivity contribution in [1.29, 1.82) is 0 Å². The summed E-state index contributed by atoms with van der Waals surface area (Å²) in [6, 6.07) is 0. The van der Waals surface area contributed by atoms with Gasteiger partial charge in [0.1, 0.15) is 36.1 Å². The van der Waals surface area contributed by atoms with E-state index in [9.17, 15) is 15.0 Å². The molecule has 1 saturated heterocycles. The summed E-state index contributed by atoms with van der Waals surface area (Å²) in [5.74, 6) is -0.298. The number of hydrogen-bond acceptors (Lipinski definition) is 9. The van der Waals surface area contributed by atoms with Gasteiger partial charge in [0, 0.05) is 24.9 Å². The second-order valence-corrected chi connectivity index (χ2v) is 5.74. The standard InChI is InChI=1S/C16H20N4O6/c1-24-10(22)4-3-8-5-20(15-11(8)14(17)18-7-19-15)16-13(25-2)12(23)9(6-21)26-16/h3-5,7,9,12-13,16,21,23H,6H2,1-2H3,(H2,17,18,19)/t9-,12-,13-,16-/m1/s1. The number of esters is 1. The summed E-state index contributed by atoms with van der Waals surface area (Å²) in [6.45, 7) is -0.358. The number of aliphatic hydroxyl groups is 2. The average Bonchev–Trinajstić information content (AvgIpc) is 3.17. The molecule has 0 unspecified atom stereocenters. The van der Waals surface area contributed by atoms with Gasteiger partial charge in [0.05, 0.1) is 19.1 Å². The molecule has 10 heteroatoms. The van der Waals surface area contributed by atoms with Gasteiger partial charge in [-0.1, -0.05) is 0 Å². The molecule has 4 N–H and O–H groups in total. The van der Waals surface area contributed by atoms with Gasteiger partial charge in [-0.25, -0.2) is 14.8 Å². The van der Waals surface area contributed by atoms with Crippen molar-refractivity contribution in [3.05, 3.63) is 24.2 Å². The first-order chi connectivity index (χ1) is 12.5. The van der Waals surface area contributed by atoms with Crippen LogP contribution in [0.5, 0.6) is 0 Å². The quantitative estimate of drug-likeness (QED) is 0.471. The minimum Gasteiger partial charge on any atom is -0.466 e. The normalized spacial score (nSPS) is 26.0. The molecule has 1 aliphatic rings. The Morgan fingerprint density at radius 2 is 2.23 bits per heavy atom. The predicted octanol–water partition coefficient (Wildman–Crippen LogP) is -0.535. The fraction of sp³-hybridized carbons (Fsp3) is 0.438. The lowest BCUT2D eigenvalue weighted by molar-refractivity contribution is -0.134. The smallest absolute Gasteiger partial charge is 0.330 e. The lowest BCUT2D eigenvalue weighted by Gasteiger charge is -2.20. The van der Waals surface area contributed by atoms with Gasteiger partial charge in [0.2, 0.25) is 0 Å². The van der Waals surface area contributed by atoms with Crippen LogP contribution in [0.15, 0.2) is 18.6 Å². The molecule has 2 aromatic heterocycles. The van der Waals surface area contributed by atoms with Crippen LogP contribution in [0.3, 0.4) is 0 Å². The SMILES string of the molecule is COC(=O)C=Cc1cn([C@@H]2O[C@H](CO)[C@@H](O)[C@H]2OC)c2ncnc(N)c12. The third-order valence-electron chi connectivity index (χ3n) is 4.31.